The number of nitriles is 2. The summed E-state index contributed by atoms with van der Waals surface area (Å²) in [4.78, 5) is 0. The van der Waals surface area contributed by atoms with E-state index < -0.39 is 21.5 Å². The first kappa shape index (κ1) is 12.2. The molecule has 2 nitrogen and oxygen atoms in total. The molecule has 74 valence electrons. The zero-order chi connectivity index (χ0) is 10.7. The summed E-state index contributed by atoms with van der Waals surface area (Å²) in [7, 11) is -3.93. The van der Waals surface area contributed by atoms with Crippen LogP contribution >= 0.6 is 10.8 Å². The molecule has 0 bridgehead atoms. The lowest BCUT2D eigenvalue weighted by Gasteiger charge is -2.32. The first-order valence-corrected chi connectivity index (χ1v) is 5.59. The van der Waals surface area contributed by atoms with Crippen molar-refractivity contribution >= 4 is 10.8 Å². The molecule has 2 unspecified atom stereocenters. The highest BCUT2D eigenvalue weighted by Gasteiger charge is 2.43. The molecule has 0 aliphatic heterocycles. The maximum atomic E-state index is 13.0. The van der Waals surface area contributed by atoms with Crippen LogP contribution in [0.15, 0.2) is 0 Å². The largest absolute Gasteiger partial charge is 0.198 e. The lowest BCUT2D eigenvalue weighted by molar-refractivity contribution is 0.552. The van der Waals surface area contributed by atoms with Crippen molar-refractivity contribution in [3.05, 3.63) is 0 Å². The average Bonchev–Trinajstić information content (AvgIpc) is 2.02. The van der Waals surface area contributed by atoms with Gasteiger partial charge in [0.2, 0.25) is 0 Å². The molecule has 0 aromatic rings. The van der Waals surface area contributed by atoms with Crippen LogP contribution in [0.1, 0.15) is 20.3 Å². The summed E-state index contributed by atoms with van der Waals surface area (Å²) in [5, 5.41) is 17.1. The summed E-state index contributed by atoms with van der Waals surface area (Å²) in [5.74, 6) is -0.511. The molecule has 0 saturated heterocycles. The van der Waals surface area contributed by atoms with Crippen LogP contribution in [-0.4, -0.2) is 11.0 Å². The van der Waals surface area contributed by atoms with Crippen LogP contribution in [0.25, 0.3) is 0 Å². The Morgan fingerprint density at radius 2 is 1.92 bits per heavy atom. The molecule has 0 fully saturated rings. The smallest absolute Gasteiger partial charge is 0.138 e. The predicted molar refractivity (Wildman–Crippen MR) is 49.1 cm³/mol. The summed E-state index contributed by atoms with van der Waals surface area (Å²) < 4.78 is 24.4. The molecule has 0 spiro atoms. The van der Waals surface area contributed by atoms with Crippen molar-refractivity contribution < 1.29 is 7.77 Å². The van der Waals surface area contributed by atoms with Crippen LogP contribution in [0.3, 0.4) is 0 Å². The van der Waals surface area contributed by atoms with Crippen molar-refractivity contribution in [2.24, 2.45) is 5.92 Å². The van der Waals surface area contributed by atoms with Crippen molar-refractivity contribution in [3.8, 4) is 12.1 Å². The minimum absolute atomic E-state index is 0.0706. The zero-order valence-corrected chi connectivity index (χ0v) is 8.66. The summed E-state index contributed by atoms with van der Waals surface area (Å²) >= 11 is 0. The van der Waals surface area contributed by atoms with Crippen LogP contribution < -0.4 is 0 Å². The van der Waals surface area contributed by atoms with Crippen LogP contribution in [0, 0.1) is 28.6 Å². The Labute approximate surface area is 79.1 Å². The summed E-state index contributed by atoms with van der Waals surface area (Å²) in [6.45, 7) is 2.76. The number of nitrogens with zero attached hydrogens (tertiary/aromatic N) is 2. The Morgan fingerprint density at radius 1 is 1.46 bits per heavy atom. The van der Waals surface area contributed by atoms with E-state index in [4.69, 9.17) is 10.5 Å². The van der Waals surface area contributed by atoms with Crippen molar-refractivity contribution in [3.63, 3.8) is 0 Å². The Morgan fingerprint density at radius 3 is 2.15 bits per heavy atom. The topological polar surface area (TPSA) is 47.6 Å². The Hall–Kier alpha value is -0.810. The van der Waals surface area contributed by atoms with E-state index in [0.717, 1.165) is 6.26 Å². The Bertz CT molecular complexity index is 261. The normalized spacial score (nSPS) is 19.3. The first-order chi connectivity index (χ1) is 5.77. The summed E-state index contributed by atoms with van der Waals surface area (Å²) in [6.07, 6.45) is 0.721. The molecule has 0 aliphatic rings. The van der Waals surface area contributed by atoms with E-state index in [-0.39, 0.29) is 6.42 Å². The maximum absolute atomic E-state index is 13.0. The second-order valence-corrected chi connectivity index (χ2v) is 5.65. The molecule has 0 radical (unpaired) electrons. The van der Waals surface area contributed by atoms with Crippen LogP contribution in [0.5, 0.6) is 0 Å². The van der Waals surface area contributed by atoms with Crippen molar-refractivity contribution in [2.45, 2.75) is 25.0 Å². The molecule has 0 aromatic heterocycles. The second-order valence-electron chi connectivity index (χ2n) is 3.30. The average molecular weight is 206 g/mol. The van der Waals surface area contributed by atoms with E-state index in [1.807, 2.05) is 6.07 Å². The fourth-order valence-corrected chi connectivity index (χ4v) is 1.60. The quantitative estimate of drug-likeness (QED) is 0.712. The lowest BCUT2D eigenvalue weighted by atomic mass is 9.99. The highest BCUT2D eigenvalue weighted by molar-refractivity contribution is 8.26. The van der Waals surface area contributed by atoms with Crippen LogP contribution in [0.2, 0.25) is 0 Å². The molecule has 0 heterocycles. The second kappa shape index (κ2) is 3.93. The third-order valence-electron chi connectivity index (χ3n) is 1.94. The Balaban J connectivity index is 4.72. The monoisotopic (exact) mass is 206 g/mol. The lowest BCUT2D eigenvalue weighted by Crippen LogP contribution is -2.27. The molecule has 0 aliphatic carbocycles. The fourth-order valence-electron chi connectivity index (χ4n) is 0.902. The predicted octanol–water partition coefficient (Wildman–Crippen LogP) is 3.02. The van der Waals surface area contributed by atoms with Gasteiger partial charge in [0.05, 0.1) is 22.9 Å². The number of rotatable bonds is 3. The van der Waals surface area contributed by atoms with E-state index in [9.17, 15) is 7.77 Å². The molecule has 0 saturated carbocycles. The molecule has 0 rings (SSSR count). The van der Waals surface area contributed by atoms with Gasteiger partial charge in [-0.2, -0.15) is 18.3 Å². The standard InChI is InChI=1S/C8H12F2N2S/c1-7(5-11)4-8(2,6-12)13(3,9)10/h7H,4H2,1-3H3. The van der Waals surface area contributed by atoms with Gasteiger partial charge in [0.25, 0.3) is 0 Å². The first-order valence-electron chi connectivity index (χ1n) is 3.75. The molecule has 0 N–H and O–H groups in total. The highest BCUT2D eigenvalue weighted by atomic mass is 32.3. The molecule has 2 atom stereocenters. The van der Waals surface area contributed by atoms with Crippen molar-refractivity contribution in [1.82, 2.24) is 0 Å². The third-order valence-corrected chi connectivity index (χ3v) is 3.78. The number of halogens is 2. The van der Waals surface area contributed by atoms with E-state index in [2.05, 4.69) is 0 Å². The molecular weight excluding hydrogens is 194 g/mol. The van der Waals surface area contributed by atoms with Gasteiger partial charge >= 0.3 is 0 Å². The molecule has 13 heavy (non-hydrogen) atoms. The van der Waals surface area contributed by atoms with Crippen LogP contribution in [-0.2, 0) is 0 Å². The number of hydrogen-bond acceptors (Lipinski definition) is 2. The van der Waals surface area contributed by atoms with Gasteiger partial charge in [0.1, 0.15) is 4.75 Å². The van der Waals surface area contributed by atoms with E-state index in [1.165, 1.54) is 6.92 Å². The van der Waals surface area contributed by atoms with Gasteiger partial charge < -0.3 is 0 Å². The van der Waals surface area contributed by atoms with Gasteiger partial charge in [-0.25, -0.2) is 0 Å². The van der Waals surface area contributed by atoms with Gasteiger partial charge in [-0.3, -0.25) is 0 Å². The van der Waals surface area contributed by atoms with Crippen molar-refractivity contribution in [2.75, 3.05) is 6.26 Å². The van der Waals surface area contributed by atoms with Crippen molar-refractivity contribution in [1.29, 1.82) is 10.5 Å². The van der Waals surface area contributed by atoms with E-state index in [0.29, 0.717) is 0 Å². The third kappa shape index (κ3) is 2.86. The van der Waals surface area contributed by atoms with Gasteiger partial charge in [-0.1, -0.05) is 0 Å². The van der Waals surface area contributed by atoms with Gasteiger partial charge in [-0.05, 0) is 20.3 Å². The van der Waals surface area contributed by atoms with Crippen LogP contribution in [0.4, 0.5) is 7.77 Å². The van der Waals surface area contributed by atoms with Gasteiger partial charge in [0.15, 0.2) is 0 Å². The van der Waals surface area contributed by atoms with Gasteiger partial charge in [0, 0.05) is 12.2 Å². The molecule has 0 aromatic carbocycles. The maximum Gasteiger partial charge on any atom is 0.138 e. The molecular formula is C8H12F2N2S. The van der Waals surface area contributed by atoms with Gasteiger partial charge in [-0.15, -0.1) is 0 Å². The molecule has 0 amide bonds. The molecule has 5 heteroatoms. The summed E-state index contributed by atoms with van der Waals surface area (Å²) in [6, 6.07) is 3.48. The number of hydrogen-bond donors (Lipinski definition) is 0. The highest BCUT2D eigenvalue weighted by Crippen LogP contribution is 2.61. The fraction of sp³-hybridized carbons (Fsp3) is 0.750. The minimum atomic E-state index is -3.93. The van der Waals surface area contributed by atoms with E-state index >= 15 is 0 Å². The zero-order valence-electron chi connectivity index (χ0n) is 7.84. The minimum Gasteiger partial charge on any atom is -0.198 e. The van der Waals surface area contributed by atoms with E-state index in [1.54, 1.807) is 13.0 Å². The SMILES string of the molecule is CC(C#N)CC(C)(C#N)S(C)(F)F. The summed E-state index contributed by atoms with van der Waals surface area (Å²) in [5.41, 5.74) is 0. The Kier molecular flexibility index (Phi) is 3.69.